The molecule has 1 fully saturated rings. The van der Waals surface area contributed by atoms with E-state index in [4.69, 9.17) is 0 Å². The highest BCUT2D eigenvalue weighted by molar-refractivity contribution is 5.76. The summed E-state index contributed by atoms with van der Waals surface area (Å²) >= 11 is 0. The normalized spacial score (nSPS) is 19.9. The summed E-state index contributed by atoms with van der Waals surface area (Å²) in [6.07, 6.45) is 6.81. The van der Waals surface area contributed by atoms with Crippen LogP contribution in [0, 0.1) is 5.92 Å². The molecule has 0 aromatic carbocycles. The van der Waals surface area contributed by atoms with Crippen molar-refractivity contribution >= 4 is 5.91 Å². The maximum Gasteiger partial charge on any atom is 0.222 e. The smallest absolute Gasteiger partial charge is 0.222 e. The second-order valence-corrected chi connectivity index (χ2v) is 4.52. The molecule has 1 aliphatic heterocycles. The van der Waals surface area contributed by atoms with E-state index in [0.29, 0.717) is 5.91 Å². The van der Waals surface area contributed by atoms with Crippen LogP contribution >= 0.6 is 0 Å². The van der Waals surface area contributed by atoms with Gasteiger partial charge < -0.3 is 4.90 Å². The van der Waals surface area contributed by atoms with Crippen LogP contribution in [0.25, 0.3) is 0 Å². The molecule has 1 amide bonds. The van der Waals surface area contributed by atoms with Crippen LogP contribution in [0.3, 0.4) is 0 Å². The molecular formula is C12H23NO. The molecule has 1 unspecified atom stereocenters. The molecule has 82 valence electrons. The van der Waals surface area contributed by atoms with Crippen molar-refractivity contribution in [3.05, 3.63) is 0 Å². The average molecular weight is 197 g/mol. The summed E-state index contributed by atoms with van der Waals surface area (Å²) < 4.78 is 0. The van der Waals surface area contributed by atoms with Gasteiger partial charge in [0.1, 0.15) is 0 Å². The molecule has 2 heteroatoms. The van der Waals surface area contributed by atoms with E-state index in [1.54, 1.807) is 0 Å². The molecule has 1 aliphatic rings. The molecule has 0 radical (unpaired) electrons. The second-order valence-electron chi connectivity index (χ2n) is 4.52. The van der Waals surface area contributed by atoms with Gasteiger partial charge in [0.15, 0.2) is 0 Å². The molecule has 1 saturated heterocycles. The fourth-order valence-electron chi connectivity index (χ4n) is 2.11. The van der Waals surface area contributed by atoms with E-state index < -0.39 is 0 Å². The van der Waals surface area contributed by atoms with Crippen molar-refractivity contribution in [2.24, 2.45) is 5.92 Å². The predicted octanol–water partition coefficient (Wildman–Crippen LogP) is 2.83. The fourth-order valence-corrected chi connectivity index (χ4v) is 2.11. The first-order valence-electron chi connectivity index (χ1n) is 6.01. The van der Waals surface area contributed by atoms with Crippen molar-refractivity contribution in [2.45, 2.75) is 52.4 Å². The van der Waals surface area contributed by atoms with Crippen molar-refractivity contribution in [3.8, 4) is 0 Å². The highest BCUT2D eigenvalue weighted by Crippen LogP contribution is 2.15. The van der Waals surface area contributed by atoms with Crippen molar-refractivity contribution in [1.82, 2.24) is 4.90 Å². The summed E-state index contributed by atoms with van der Waals surface area (Å²) in [5, 5.41) is 0. The summed E-state index contributed by atoms with van der Waals surface area (Å²) in [5.74, 6) is 1.15. The number of likely N-dealkylation sites (tertiary alicyclic amines) is 1. The highest BCUT2D eigenvalue weighted by atomic mass is 16.2. The van der Waals surface area contributed by atoms with Crippen molar-refractivity contribution < 1.29 is 4.79 Å². The first-order valence-corrected chi connectivity index (χ1v) is 6.01. The molecule has 0 spiro atoms. The topological polar surface area (TPSA) is 20.3 Å². The lowest BCUT2D eigenvalue weighted by atomic mass is 10.0. The molecule has 0 aromatic heterocycles. The minimum absolute atomic E-state index is 0.375. The summed E-state index contributed by atoms with van der Waals surface area (Å²) in [6, 6.07) is 0. The maximum absolute atomic E-state index is 11.5. The van der Waals surface area contributed by atoms with Crippen LogP contribution in [0.15, 0.2) is 0 Å². The lowest BCUT2D eigenvalue weighted by molar-refractivity contribution is -0.133. The number of carbonyl (C=O) groups excluding carboxylic acids is 1. The molecule has 2 nitrogen and oxygen atoms in total. The molecule has 0 bridgehead atoms. The van der Waals surface area contributed by atoms with Gasteiger partial charge in [-0.1, -0.05) is 26.7 Å². The Balaban J connectivity index is 2.19. The largest absolute Gasteiger partial charge is 0.343 e. The number of hydrogen-bond donors (Lipinski definition) is 0. The molecule has 1 rings (SSSR count). The average Bonchev–Trinajstić information content (AvgIpc) is 2.17. The third-order valence-electron chi connectivity index (χ3n) is 3.09. The lowest BCUT2D eigenvalue weighted by Crippen LogP contribution is -2.36. The highest BCUT2D eigenvalue weighted by Gasteiger charge is 2.17. The standard InChI is InChI=1S/C12H23NO/c1-3-6-11(2)8-10-13-9-5-4-7-12(13)14/h11H,3-10H2,1-2H3. The van der Waals surface area contributed by atoms with Gasteiger partial charge in [-0.25, -0.2) is 0 Å². The SMILES string of the molecule is CCCC(C)CCN1CCCCC1=O. The van der Waals surface area contributed by atoms with E-state index in [-0.39, 0.29) is 0 Å². The van der Waals surface area contributed by atoms with Crippen LogP contribution in [-0.2, 0) is 4.79 Å². The Morgan fingerprint density at radius 3 is 2.79 bits per heavy atom. The Morgan fingerprint density at radius 2 is 2.14 bits per heavy atom. The first-order chi connectivity index (χ1) is 6.74. The van der Waals surface area contributed by atoms with E-state index >= 15 is 0 Å². The van der Waals surface area contributed by atoms with Crippen LogP contribution < -0.4 is 0 Å². The van der Waals surface area contributed by atoms with Crippen LogP contribution in [0.5, 0.6) is 0 Å². The predicted molar refractivity (Wildman–Crippen MR) is 59.1 cm³/mol. The van der Waals surface area contributed by atoms with Crippen molar-refractivity contribution in [1.29, 1.82) is 0 Å². The van der Waals surface area contributed by atoms with Gasteiger partial charge in [0.05, 0.1) is 0 Å². The quantitative estimate of drug-likeness (QED) is 0.663. The Kier molecular flexibility index (Phi) is 4.99. The minimum atomic E-state index is 0.375. The van der Waals surface area contributed by atoms with Crippen LogP contribution in [0.1, 0.15) is 52.4 Å². The number of amides is 1. The van der Waals surface area contributed by atoms with Crippen LogP contribution in [-0.4, -0.2) is 23.9 Å². The monoisotopic (exact) mass is 197 g/mol. The summed E-state index contributed by atoms with van der Waals surface area (Å²) in [4.78, 5) is 13.5. The number of carbonyl (C=O) groups is 1. The zero-order valence-corrected chi connectivity index (χ0v) is 9.59. The summed E-state index contributed by atoms with van der Waals surface area (Å²) in [5.41, 5.74) is 0. The number of hydrogen-bond acceptors (Lipinski definition) is 1. The van der Waals surface area contributed by atoms with Gasteiger partial charge in [0, 0.05) is 19.5 Å². The maximum atomic E-state index is 11.5. The van der Waals surface area contributed by atoms with Gasteiger partial charge in [0.2, 0.25) is 5.91 Å². The Labute approximate surface area is 87.7 Å². The molecule has 14 heavy (non-hydrogen) atoms. The van der Waals surface area contributed by atoms with Crippen LogP contribution in [0.2, 0.25) is 0 Å². The number of piperidine rings is 1. The van der Waals surface area contributed by atoms with Gasteiger partial charge in [-0.2, -0.15) is 0 Å². The second kappa shape index (κ2) is 6.05. The molecule has 0 saturated carbocycles. The van der Waals surface area contributed by atoms with Gasteiger partial charge in [-0.05, 0) is 25.2 Å². The molecule has 1 heterocycles. The fraction of sp³-hybridized carbons (Fsp3) is 0.917. The lowest BCUT2D eigenvalue weighted by Gasteiger charge is -2.27. The van der Waals surface area contributed by atoms with Crippen molar-refractivity contribution in [3.63, 3.8) is 0 Å². The number of nitrogens with zero attached hydrogens (tertiary/aromatic N) is 1. The zero-order chi connectivity index (χ0) is 10.4. The third kappa shape index (κ3) is 3.69. The van der Waals surface area contributed by atoms with E-state index in [1.165, 1.54) is 25.7 Å². The zero-order valence-electron chi connectivity index (χ0n) is 9.59. The van der Waals surface area contributed by atoms with E-state index in [1.807, 2.05) is 0 Å². The van der Waals surface area contributed by atoms with Gasteiger partial charge >= 0.3 is 0 Å². The van der Waals surface area contributed by atoms with Gasteiger partial charge in [0.25, 0.3) is 0 Å². The van der Waals surface area contributed by atoms with Gasteiger partial charge in [-0.3, -0.25) is 4.79 Å². The Morgan fingerprint density at radius 1 is 1.36 bits per heavy atom. The minimum Gasteiger partial charge on any atom is -0.343 e. The van der Waals surface area contributed by atoms with Gasteiger partial charge in [-0.15, -0.1) is 0 Å². The Hall–Kier alpha value is -0.530. The molecule has 0 aromatic rings. The molecular weight excluding hydrogens is 174 g/mol. The Bertz CT molecular complexity index is 179. The molecule has 0 N–H and O–H groups in total. The summed E-state index contributed by atoms with van der Waals surface area (Å²) in [7, 11) is 0. The third-order valence-corrected chi connectivity index (χ3v) is 3.09. The van der Waals surface area contributed by atoms with Crippen molar-refractivity contribution in [2.75, 3.05) is 13.1 Å². The molecule has 0 aliphatic carbocycles. The number of rotatable bonds is 5. The molecule has 1 atom stereocenters. The first kappa shape index (κ1) is 11.5. The van der Waals surface area contributed by atoms with E-state index in [2.05, 4.69) is 18.7 Å². The summed E-state index contributed by atoms with van der Waals surface area (Å²) in [6.45, 7) is 6.50. The van der Waals surface area contributed by atoms with E-state index in [9.17, 15) is 4.79 Å². The van der Waals surface area contributed by atoms with Crippen LogP contribution in [0.4, 0.5) is 0 Å². The van der Waals surface area contributed by atoms with E-state index in [0.717, 1.165) is 31.8 Å².